The number of piperidine rings is 1. The van der Waals surface area contributed by atoms with Crippen LogP contribution in [0, 0.1) is 11.7 Å². The Morgan fingerprint density at radius 2 is 2.12 bits per heavy atom. The Morgan fingerprint density at radius 1 is 1.33 bits per heavy atom. The number of nitrogens with zero attached hydrogens (tertiary/aromatic N) is 1. The largest absolute Gasteiger partial charge is 0.370 e. The fraction of sp³-hybridized carbons (Fsp3) is 0.562. The molecule has 2 aliphatic heterocycles. The van der Waals surface area contributed by atoms with Crippen LogP contribution in [0.5, 0.6) is 0 Å². The number of rotatable bonds is 2. The van der Waals surface area contributed by atoms with Crippen molar-refractivity contribution in [1.82, 2.24) is 10.2 Å². The van der Waals surface area contributed by atoms with E-state index in [0.717, 1.165) is 25.9 Å². The number of hydrogen-bond donors (Lipinski definition) is 1. The smallest absolute Gasteiger partial charge is 0.227 e. The molecule has 1 aromatic carbocycles. The van der Waals surface area contributed by atoms with Crippen LogP contribution in [0.15, 0.2) is 12.1 Å². The van der Waals surface area contributed by atoms with Crippen molar-refractivity contribution in [2.45, 2.75) is 18.9 Å². The van der Waals surface area contributed by atoms with Gasteiger partial charge in [-0.25, -0.2) is 4.39 Å². The summed E-state index contributed by atoms with van der Waals surface area (Å²) in [6.07, 6.45) is 1.49. The van der Waals surface area contributed by atoms with Crippen molar-refractivity contribution in [2.75, 3.05) is 32.8 Å². The van der Waals surface area contributed by atoms with Crippen molar-refractivity contribution in [2.24, 2.45) is 5.92 Å². The van der Waals surface area contributed by atoms with E-state index in [0.29, 0.717) is 30.3 Å². The fourth-order valence-electron chi connectivity index (χ4n) is 3.14. The SMILES string of the molecule is Cl.O=C(C1CCCNC1)N1CCOC(c2cc(F)c(Cl)cc2Cl)C1. The molecule has 0 aliphatic carbocycles. The second kappa shape index (κ2) is 8.68. The highest BCUT2D eigenvalue weighted by Gasteiger charge is 2.31. The monoisotopic (exact) mass is 396 g/mol. The molecule has 1 N–H and O–H groups in total. The van der Waals surface area contributed by atoms with Crippen molar-refractivity contribution in [3.63, 3.8) is 0 Å². The zero-order valence-corrected chi connectivity index (χ0v) is 15.4. The van der Waals surface area contributed by atoms with Crippen LogP contribution < -0.4 is 5.32 Å². The molecule has 4 nitrogen and oxygen atoms in total. The van der Waals surface area contributed by atoms with Gasteiger partial charge in [0.05, 0.1) is 24.1 Å². The maximum atomic E-state index is 13.7. The van der Waals surface area contributed by atoms with Gasteiger partial charge in [-0.3, -0.25) is 4.79 Å². The van der Waals surface area contributed by atoms with Crippen LogP contribution in [0.1, 0.15) is 24.5 Å². The number of nitrogens with one attached hydrogen (secondary N) is 1. The molecular formula is C16H20Cl3FN2O2. The third-order valence-electron chi connectivity index (χ3n) is 4.41. The molecule has 134 valence electrons. The zero-order chi connectivity index (χ0) is 16.4. The Labute approximate surface area is 157 Å². The Balaban J connectivity index is 0.00000208. The number of amides is 1. The molecule has 1 aromatic rings. The van der Waals surface area contributed by atoms with Gasteiger partial charge in [-0.05, 0) is 31.5 Å². The van der Waals surface area contributed by atoms with Crippen molar-refractivity contribution in [3.8, 4) is 0 Å². The summed E-state index contributed by atoms with van der Waals surface area (Å²) >= 11 is 11.9. The molecule has 2 aliphatic rings. The summed E-state index contributed by atoms with van der Waals surface area (Å²) in [6, 6.07) is 2.68. The quantitative estimate of drug-likeness (QED) is 0.777. The van der Waals surface area contributed by atoms with Crippen molar-refractivity contribution in [3.05, 3.63) is 33.6 Å². The highest BCUT2D eigenvalue weighted by molar-refractivity contribution is 6.35. The van der Waals surface area contributed by atoms with Gasteiger partial charge >= 0.3 is 0 Å². The van der Waals surface area contributed by atoms with E-state index >= 15 is 0 Å². The Bertz CT molecular complexity index is 597. The van der Waals surface area contributed by atoms with Crippen LogP contribution >= 0.6 is 35.6 Å². The van der Waals surface area contributed by atoms with E-state index in [1.54, 1.807) is 4.90 Å². The fourth-order valence-corrected chi connectivity index (χ4v) is 3.65. The summed E-state index contributed by atoms with van der Waals surface area (Å²) < 4.78 is 19.4. The molecule has 1 amide bonds. The molecule has 2 heterocycles. The Hall–Kier alpha value is -0.590. The van der Waals surface area contributed by atoms with Crippen LogP contribution in [-0.4, -0.2) is 43.6 Å². The van der Waals surface area contributed by atoms with Crippen LogP contribution in [-0.2, 0) is 9.53 Å². The zero-order valence-electron chi connectivity index (χ0n) is 13.1. The van der Waals surface area contributed by atoms with E-state index in [2.05, 4.69) is 5.32 Å². The van der Waals surface area contributed by atoms with Crippen molar-refractivity contribution in [1.29, 1.82) is 0 Å². The first-order valence-corrected chi connectivity index (χ1v) is 8.57. The van der Waals surface area contributed by atoms with Crippen LogP contribution in [0.25, 0.3) is 0 Å². The van der Waals surface area contributed by atoms with Gasteiger partial charge in [0, 0.05) is 23.7 Å². The van der Waals surface area contributed by atoms with E-state index in [1.165, 1.54) is 12.1 Å². The molecule has 8 heteroatoms. The standard InChI is InChI=1S/C16H19Cl2FN2O2.ClH/c17-12-7-13(18)14(19)6-11(12)15-9-21(4-5-23-15)16(22)10-2-1-3-20-8-10;/h6-7,10,15,20H,1-5,8-9H2;1H. The minimum atomic E-state index is -0.533. The molecule has 2 unspecified atom stereocenters. The highest BCUT2D eigenvalue weighted by Crippen LogP contribution is 2.32. The first-order chi connectivity index (χ1) is 11.1. The molecule has 0 spiro atoms. The topological polar surface area (TPSA) is 41.6 Å². The third kappa shape index (κ3) is 4.33. The van der Waals surface area contributed by atoms with E-state index in [9.17, 15) is 9.18 Å². The average Bonchev–Trinajstić information content (AvgIpc) is 2.58. The van der Waals surface area contributed by atoms with Gasteiger partial charge in [0.1, 0.15) is 11.9 Å². The summed E-state index contributed by atoms with van der Waals surface area (Å²) in [5.41, 5.74) is 0.535. The molecule has 2 atom stereocenters. The highest BCUT2D eigenvalue weighted by atomic mass is 35.5. The van der Waals surface area contributed by atoms with Gasteiger partial charge in [0.2, 0.25) is 5.91 Å². The summed E-state index contributed by atoms with van der Waals surface area (Å²) in [5.74, 6) is -0.384. The third-order valence-corrected chi connectivity index (χ3v) is 5.03. The van der Waals surface area contributed by atoms with Crippen molar-refractivity contribution >= 4 is 41.5 Å². The number of carbonyl (C=O) groups excluding carboxylic acids is 1. The molecule has 0 bridgehead atoms. The molecule has 0 saturated carbocycles. The molecule has 3 rings (SSSR count). The molecule has 0 aromatic heterocycles. The lowest BCUT2D eigenvalue weighted by Crippen LogP contribution is -2.48. The summed E-state index contributed by atoms with van der Waals surface area (Å²) in [7, 11) is 0. The van der Waals surface area contributed by atoms with E-state index in [-0.39, 0.29) is 29.3 Å². The molecule has 2 fully saturated rings. The maximum Gasteiger partial charge on any atom is 0.227 e. The van der Waals surface area contributed by atoms with E-state index in [4.69, 9.17) is 27.9 Å². The lowest BCUT2D eigenvalue weighted by atomic mass is 9.97. The van der Waals surface area contributed by atoms with Gasteiger partial charge in [0.15, 0.2) is 0 Å². The minimum Gasteiger partial charge on any atom is -0.370 e. The van der Waals surface area contributed by atoms with E-state index < -0.39 is 11.9 Å². The predicted molar refractivity (Wildman–Crippen MR) is 94.5 cm³/mol. The van der Waals surface area contributed by atoms with Gasteiger partial charge in [-0.1, -0.05) is 23.2 Å². The lowest BCUT2D eigenvalue weighted by Gasteiger charge is -2.36. The summed E-state index contributed by atoms with van der Waals surface area (Å²) in [5, 5.41) is 3.60. The van der Waals surface area contributed by atoms with Gasteiger partial charge in [-0.15, -0.1) is 12.4 Å². The Morgan fingerprint density at radius 3 is 2.83 bits per heavy atom. The minimum absolute atomic E-state index is 0. The molecule has 0 radical (unpaired) electrons. The second-order valence-corrected chi connectivity index (χ2v) is 6.79. The summed E-state index contributed by atoms with van der Waals surface area (Å²) in [4.78, 5) is 14.4. The van der Waals surface area contributed by atoms with Crippen LogP contribution in [0.4, 0.5) is 4.39 Å². The second-order valence-electron chi connectivity index (χ2n) is 5.97. The lowest BCUT2D eigenvalue weighted by molar-refractivity contribution is -0.143. The number of morpholine rings is 1. The number of halogens is 4. The predicted octanol–water partition coefficient (Wildman–Crippen LogP) is 3.45. The first-order valence-electron chi connectivity index (χ1n) is 7.82. The molecule has 24 heavy (non-hydrogen) atoms. The van der Waals surface area contributed by atoms with Crippen molar-refractivity contribution < 1.29 is 13.9 Å². The molecule has 2 saturated heterocycles. The Kier molecular flexibility index (Phi) is 7.13. The maximum absolute atomic E-state index is 13.7. The number of hydrogen-bond acceptors (Lipinski definition) is 3. The average molecular weight is 398 g/mol. The van der Waals surface area contributed by atoms with Gasteiger partial charge in [0.25, 0.3) is 0 Å². The van der Waals surface area contributed by atoms with Gasteiger partial charge < -0.3 is 15.0 Å². The van der Waals surface area contributed by atoms with E-state index in [1.807, 2.05) is 0 Å². The number of carbonyl (C=O) groups is 1. The number of benzene rings is 1. The molecular weight excluding hydrogens is 378 g/mol. The van der Waals surface area contributed by atoms with Gasteiger partial charge in [-0.2, -0.15) is 0 Å². The summed E-state index contributed by atoms with van der Waals surface area (Å²) in [6.45, 7) is 3.04. The van der Waals surface area contributed by atoms with Crippen LogP contribution in [0.2, 0.25) is 10.0 Å². The normalized spacial score (nSPS) is 24.4. The first kappa shape index (κ1) is 19.7. The number of ether oxygens (including phenoxy) is 1. The van der Waals surface area contributed by atoms with Crippen LogP contribution in [0.3, 0.4) is 0 Å².